The molecule has 0 amide bonds. The normalized spacial score (nSPS) is 28.8. The average Bonchev–Trinajstić information content (AvgIpc) is 3.13. The number of carbonyl (C=O) groups excluding carboxylic acids is 1. The second-order valence-electron chi connectivity index (χ2n) is 6.15. The predicted molar refractivity (Wildman–Crippen MR) is 79.2 cm³/mol. The minimum atomic E-state index is -0.0708. The van der Waals surface area contributed by atoms with Crippen LogP contribution in [0.3, 0.4) is 0 Å². The fraction of sp³-hybridized carbons (Fsp3) is 0.800. The molecule has 3 rings (SSSR count). The van der Waals surface area contributed by atoms with E-state index in [4.69, 9.17) is 9.26 Å². The highest BCUT2D eigenvalue weighted by Crippen LogP contribution is 2.24. The van der Waals surface area contributed by atoms with Crippen molar-refractivity contribution in [1.29, 1.82) is 0 Å². The number of hydrogen-bond donors (Lipinski definition) is 0. The molecule has 2 aliphatic heterocycles. The molecule has 0 unspecified atom stereocenters. The van der Waals surface area contributed by atoms with Gasteiger partial charge in [0.2, 0.25) is 5.89 Å². The molecule has 3 heterocycles. The van der Waals surface area contributed by atoms with Crippen LogP contribution in [0.1, 0.15) is 44.9 Å². The second-order valence-corrected chi connectivity index (χ2v) is 6.15. The van der Waals surface area contributed by atoms with Crippen LogP contribution in [-0.4, -0.2) is 64.2 Å². The standard InChI is InChI=1S/C15H24N4O3/c1-4-13-16-14(22-17-13)11(3)18-5-7-19(8-6-18)12-9-10(2)21-15(12)20/h10-12H,4-9H2,1-3H3/t10-,11-,12+/m0/s1. The van der Waals surface area contributed by atoms with E-state index in [-0.39, 0.29) is 24.2 Å². The van der Waals surface area contributed by atoms with E-state index in [9.17, 15) is 4.79 Å². The fourth-order valence-electron chi connectivity index (χ4n) is 3.21. The SMILES string of the molecule is CCc1noc([C@H](C)N2CCN([C@@H]3C[C@H](C)OC3=O)CC2)n1. The first-order valence-corrected chi connectivity index (χ1v) is 8.09. The summed E-state index contributed by atoms with van der Waals surface area (Å²) in [5.41, 5.74) is 0. The zero-order valence-electron chi connectivity index (χ0n) is 13.5. The highest BCUT2D eigenvalue weighted by Gasteiger charge is 2.38. The van der Waals surface area contributed by atoms with Gasteiger partial charge in [0.1, 0.15) is 12.1 Å². The van der Waals surface area contributed by atoms with Gasteiger partial charge in [-0.25, -0.2) is 0 Å². The number of cyclic esters (lactones) is 1. The van der Waals surface area contributed by atoms with Gasteiger partial charge in [-0.05, 0) is 13.8 Å². The van der Waals surface area contributed by atoms with Crippen molar-refractivity contribution in [3.05, 3.63) is 11.7 Å². The van der Waals surface area contributed by atoms with Crippen LogP contribution in [-0.2, 0) is 16.0 Å². The smallest absolute Gasteiger partial charge is 0.323 e. The van der Waals surface area contributed by atoms with Crippen molar-refractivity contribution < 1.29 is 14.1 Å². The van der Waals surface area contributed by atoms with Crippen LogP contribution in [0.15, 0.2) is 4.52 Å². The summed E-state index contributed by atoms with van der Waals surface area (Å²) in [4.78, 5) is 20.8. The van der Waals surface area contributed by atoms with Crippen LogP contribution in [0.5, 0.6) is 0 Å². The highest BCUT2D eigenvalue weighted by atomic mass is 16.6. The molecule has 7 heteroatoms. The van der Waals surface area contributed by atoms with Crippen LogP contribution in [0.2, 0.25) is 0 Å². The number of nitrogens with zero attached hydrogens (tertiary/aromatic N) is 4. The van der Waals surface area contributed by atoms with Crippen molar-refractivity contribution in [2.75, 3.05) is 26.2 Å². The lowest BCUT2D eigenvalue weighted by atomic mass is 10.1. The molecule has 0 bridgehead atoms. The van der Waals surface area contributed by atoms with Gasteiger partial charge in [0, 0.05) is 39.0 Å². The first kappa shape index (κ1) is 15.4. The van der Waals surface area contributed by atoms with E-state index in [1.54, 1.807) is 0 Å². The zero-order valence-corrected chi connectivity index (χ0v) is 13.5. The Labute approximate surface area is 130 Å². The molecule has 0 radical (unpaired) electrons. The summed E-state index contributed by atoms with van der Waals surface area (Å²) in [5, 5.41) is 3.96. The summed E-state index contributed by atoms with van der Waals surface area (Å²) in [5.74, 6) is 1.36. The molecule has 122 valence electrons. The van der Waals surface area contributed by atoms with Crippen LogP contribution in [0.4, 0.5) is 0 Å². The lowest BCUT2D eigenvalue weighted by Gasteiger charge is -2.38. The van der Waals surface area contributed by atoms with Gasteiger partial charge >= 0.3 is 5.97 Å². The molecule has 1 aromatic heterocycles. The molecule has 0 spiro atoms. The van der Waals surface area contributed by atoms with E-state index >= 15 is 0 Å². The first-order chi connectivity index (χ1) is 10.6. The summed E-state index contributed by atoms with van der Waals surface area (Å²) in [6.07, 6.45) is 1.63. The number of piperazine rings is 1. The molecular weight excluding hydrogens is 284 g/mol. The van der Waals surface area contributed by atoms with E-state index in [0.717, 1.165) is 44.8 Å². The summed E-state index contributed by atoms with van der Waals surface area (Å²) in [7, 11) is 0. The maximum Gasteiger partial charge on any atom is 0.323 e. The summed E-state index contributed by atoms with van der Waals surface area (Å²) in [6.45, 7) is 9.58. The van der Waals surface area contributed by atoms with Crippen molar-refractivity contribution in [3.8, 4) is 0 Å². The molecule has 2 fully saturated rings. The molecule has 0 N–H and O–H groups in total. The molecule has 22 heavy (non-hydrogen) atoms. The Morgan fingerprint density at radius 1 is 1.32 bits per heavy atom. The van der Waals surface area contributed by atoms with Crippen molar-refractivity contribution in [1.82, 2.24) is 19.9 Å². The Bertz CT molecular complexity index is 525. The number of hydrogen-bond acceptors (Lipinski definition) is 7. The third-order valence-corrected chi connectivity index (χ3v) is 4.64. The summed E-state index contributed by atoms with van der Waals surface area (Å²) < 4.78 is 10.6. The topological polar surface area (TPSA) is 71.7 Å². The van der Waals surface area contributed by atoms with E-state index in [1.165, 1.54) is 0 Å². The molecule has 3 atom stereocenters. The van der Waals surface area contributed by atoms with Crippen LogP contribution in [0, 0.1) is 0 Å². The highest BCUT2D eigenvalue weighted by molar-refractivity contribution is 5.78. The molecule has 2 saturated heterocycles. The van der Waals surface area contributed by atoms with E-state index < -0.39 is 0 Å². The third kappa shape index (κ3) is 3.01. The van der Waals surface area contributed by atoms with E-state index in [0.29, 0.717) is 5.89 Å². The van der Waals surface area contributed by atoms with Crippen LogP contribution in [0.25, 0.3) is 0 Å². The van der Waals surface area contributed by atoms with Gasteiger partial charge in [-0.3, -0.25) is 14.6 Å². The number of rotatable bonds is 4. The predicted octanol–water partition coefficient (Wildman–Crippen LogP) is 1.01. The quantitative estimate of drug-likeness (QED) is 0.769. The van der Waals surface area contributed by atoms with Crippen molar-refractivity contribution >= 4 is 5.97 Å². The minimum absolute atomic E-state index is 0.0420. The largest absolute Gasteiger partial charge is 0.461 e. The molecule has 0 aliphatic carbocycles. The number of carbonyl (C=O) groups is 1. The number of esters is 1. The van der Waals surface area contributed by atoms with Gasteiger partial charge in [0.25, 0.3) is 0 Å². The molecular formula is C15H24N4O3. The number of aryl methyl sites for hydroxylation is 1. The third-order valence-electron chi connectivity index (χ3n) is 4.64. The van der Waals surface area contributed by atoms with Crippen LogP contribution < -0.4 is 0 Å². The Kier molecular flexibility index (Phi) is 4.44. The Balaban J connectivity index is 1.56. The fourth-order valence-corrected chi connectivity index (χ4v) is 3.21. The summed E-state index contributed by atoms with van der Waals surface area (Å²) in [6, 6.07) is 0.0481. The van der Waals surface area contributed by atoms with Crippen molar-refractivity contribution in [2.24, 2.45) is 0 Å². The molecule has 2 aliphatic rings. The van der Waals surface area contributed by atoms with Crippen molar-refractivity contribution in [3.63, 3.8) is 0 Å². The maximum atomic E-state index is 11.8. The molecule has 1 aromatic rings. The monoisotopic (exact) mass is 308 g/mol. The van der Waals surface area contributed by atoms with Gasteiger partial charge < -0.3 is 9.26 Å². The molecule has 0 aromatic carbocycles. The van der Waals surface area contributed by atoms with E-state index in [2.05, 4.69) is 26.9 Å². The second kappa shape index (κ2) is 6.34. The van der Waals surface area contributed by atoms with Crippen molar-refractivity contribution in [2.45, 2.75) is 51.8 Å². The number of ether oxygens (including phenoxy) is 1. The first-order valence-electron chi connectivity index (χ1n) is 8.09. The Hall–Kier alpha value is -1.47. The summed E-state index contributed by atoms with van der Waals surface area (Å²) >= 11 is 0. The van der Waals surface area contributed by atoms with Gasteiger partial charge in [-0.2, -0.15) is 4.98 Å². The Morgan fingerprint density at radius 3 is 2.59 bits per heavy atom. The van der Waals surface area contributed by atoms with Crippen LogP contribution >= 0.6 is 0 Å². The molecule has 7 nitrogen and oxygen atoms in total. The Morgan fingerprint density at radius 2 is 2.05 bits per heavy atom. The minimum Gasteiger partial charge on any atom is -0.461 e. The zero-order chi connectivity index (χ0) is 15.7. The van der Waals surface area contributed by atoms with Gasteiger partial charge in [-0.1, -0.05) is 12.1 Å². The maximum absolute atomic E-state index is 11.8. The average molecular weight is 308 g/mol. The lowest BCUT2D eigenvalue weighted by Crippen LogP contribution is -2.52. The van der Waals surface area contributed by atoms with Gasteiger partial charge in [0.15, 0.2) is 5.82 Å². The molecule has 0 saturated carbocycles. The van der Waals surface area contributed by atoms with Gasteiger partial charge in [-0.15, -0.1) is 0 Å². The lowest BCUT2D eigenvalue weighted by molar-refractivity contribution is -0.145. The van der Waals surface area contributed by atoms with E-state index in [1.807, 2.05) is 13.8 Å². The number of aromatic nitrogens is 2. The van der Waals surface area contributed by atoms with Gasteiger partial charge in [0.05, 0.1) is 6.04 Å².